The van der Waals surface area contributed by atoms with Crippen LogP contribution in [0.2, 0.25) is 5.02 Å². The number of nitrogens with zero attached hydrogens (tertiary/aromatic N) is 1. The second-order valence-electron chi connectivity index (χ2n) is 5.56. The van der Waals surface area contributed by atoms with Crippen LogP contribution < -0.4 is 5.32 Å². The number of nitrogens with one attached hydrogen (secondary N) is 1. The predicted molar refractivity (Wildman–Crippen MR) is 95.8 cm³/mol. The first-order valence-electron chi connectivity index (χ1n) is 7.66. The second kappa shape index (κ2) is 7.32. The molecule has 3 rings (SSSR count). The number of fused-ring (bicyclic) bond motifs is 1. The van der Waals surface area contributed by atoms with Crippen LogP contribution in [0.4, 0.5) is 0 Å². The maximum Gasteiger partial charge on any atom is 0.326 e. The molecular weight excluding hydrogens is 340 g/mol. The molecule has 0 radical (unpaired) electrons. The summed E-state index contributed by atoms with van der Waals surface area (Å²) in [4.78, 5) is 28.2. The van der Waals surface area contributed by atoms with Crippen LogP contribution in [0.3, 0.4) is 0 Å². The predicted octanol–water partition coefficient (Wildman–Crippen LogP) is 3.31. The van der Waals surface area contributed by atoms with Crippen molar-refractivity contribution in [2.75, 3.05) is 0 Å². The van der Waals surface area contributed by atoms with Crippen LogP contribution in [0.1, 0.15) is 15.9 Å². The molecule has 0 saturated carbocycles. The number of hydrogen-bond donors (Lipinski definition) is 2. The summed E-state index contributed by atoms with van der Waals surface area (Å²) in [6.45, 7) is 0. The Bertz CT molecular complexity index is 920. The smallest absolute Gasteiger partial charge is 0.326 e. The van der Waals surface area contributed by atoms with Gasteiger partial charge in [-0.05, 0) is 42.0 Å². The molecule has 0 bridgehead atoms. The van der Waals surface area contributed by atoms with Crippen molar-refractivity contribution in [3.63, 3.8) is 0 Å². The molecule has 6 heteroatoms. The Labute approximate surface area is 149 Å². The summed E-state index contributed by atoms with van der Waals surface area (Å²) in [5, 5.41) is 13.4. The molecule has 1 aromatic heterocycles. The summed E-state index contributed by atoms with van der Waals surface area (Å²) in [5.41, 5.74) is 1.96. The monoisotopic (exact) mass is 354 g/mol. The molecule has 126 valence electrons. The van der Waals surface area contributed by atoms with Crippen molar-refractivity contribution in [1.29, 1.82) is 0 Å². The van der Waals surface area contributed by atoms with Crippen LogP contribution >= 0.6 is 11.6 Å². The molecule has 0 fully saturated rings. The van der Waals surface area contributed by atoms with Crippen LogP contribution in [0.25, 0.3) is 10.9 Å². The fourth-order valence-corrected chi connectivity index (χ4v) is 2.72. The topological polar surface area (TPSA) is 79.3 Å². The maximum absolute atomic E-state index is 12.3. The first kappa shape index (κ1) is 16.9. The largest absolute Gasteiger partial charge is 0.480 e. The highest BCUT2D eigenvalue weighted by Gasteiger charge is 2.22. The number of aromatic nitrogens is 1. The first-order valence-corrected chi connectivity index (χ1v) is 8.04. The lowest BCUT2D eigenvalue weighted by atomic mass is 10.0. The van der Waals surface area contributed by atoms with Crippen molar-refractivity contribution < 1.29 is 14.7 Å². The van der Waals surface area contributed by atoms with Gasteiger partial charge in [0, 0.05) is 28.6 Å². The Kier molecular flexibility index (Phi) is 4.95. The lowest BCUT2D eigenvalue weighted by Crippen LogP contribution is -2.42. The molecule has 2 aromatic carbocycles. The van der Waals surface area contributed by atoms with E-state index in [0.29, 0.717) is 10.6 Å². The highest BCUT2D eigenvalue weighted by atomic mass is 35.5. The van der Waals surface area contributed by atoms with E-state index in [4.69, 9.17) is 11.6 Å². The first-order chi connectivity index (χ1) is 12.0. The van der Waals surface area contributed by atoms with Crippen molar-refractivity contribution >= 4 is 34.4 Å². The van der Waals surface area contributed by atoms with Crippen molar-refractivity contribution in [2.24, 2.45) is 0 Å². The van der Waals surface area contributed by atoms with Crippen molar-refractivity contribution in [1.82, 2.24) is 10.3 Å². The fourth-order valence-electron chi connectivity index (χ4n) is 2.60. The molecule has 0 aliphatic heterocycles. The van der Waals surface area contributed by atoms with Crippen molar-refractivity contribution in [2.45, 2.75) is 12.5 Å². The number of carboxylic acid groups (broad SMARTS) is 1. The minimum Gasteiger partial charge on any atom is -0.480 e. The second-order valence-corrected chi connectivity index (χ2v) is 6.00. The molecule has 5 nitrogen and oxygen atoms in total. The summed E-state index contributed by atoms with van der Waals surface area (Å²) in [7, 11) is 0. The number of hydrogen-bond acceptors (Lipinski definition) is 3. The molecular formula is C19H15ClN2O3. The average molecular weight is 355 g/mol. The Balaban J connectivity index is 1.83. The van der Waals surface area contributed by atoms with E-state index in [2.05, 4.69) is 10.3 Å². The van der Waals surface area contributed by atoms with Gasteiger partial charge in [0.05, 0.1) is 5.52 Å². The number of pyridine rings is 1. The van der Waals surface area contributed by atoms with E-state index in [0.717, 1.165) is 16.5 Å². The van der Waals surface area contributed by atoms with Crippen molar-refractivity contribution in [3.05, 3.63) is 76.9 Å². The fraction of sp³-hybridized carbons (Fsp3) is 0.105. The quantitative estimate of drug-likeness (QED) is 0.736. The number of amides is 1. The lowest BCUT2D eigenvalue weighted by Gasteiger charge is -2.16. The van der Waals surface area contributed by atoms with E-state index < -0.39 is 17.9 Å². The standard InChI is InChI=1S/C19H15ClN2O3/c20-14-7-5-12(6-8-14)18(23)22-17(19(24)25)11-13-9-10-21-16-4-2-1-3-15(13)16/h1-10,17H,11H2,(H,22,23)(H,24,25). The molecule has 25 heavy (non-hydrogen) atoms. The van der Waals surface area contributed by atoms with E-state index in [1.807, 2.05) is 24.3 Å². The van der Waals surface area contributed by atoms with Crippen LogP contribution in [0.5, 0.6) is 0 Å². The molecule has 1 amide bonds. The average Bonchev–Trinajstić information content (AvgIpc) is 2.61. The zero-order valence-corrected chi connectivity index (χ0v) is 13.9. The highest BCUT2D eigenvalue weighted by Crippen LogP contribution is 2.18. The van der Waals surface area contributed by atoms with Gasteiger partial charge in [0.25, 0.3) is 5.91 Å². The number of aliphatic carboxylic acids is 1. The number of carbonyl (C=O) groups excluding carboxylic acids is 1. The Hall–Kier alpha value is -2.92. The molecule has 0 saturated heterocycles. The normalized spacial score (nSPS) is 11.9. The molecule has 1 unspecified atom stereocenters. The van der Waals surface area contributed by atoms with Gasteiger partial charge >= 0.3 is 5.97 Å². The zero-order chi connectivity index (χ0) is 17.8. The summed E-state index contributed by atoms with van der Waals surface area (Å²) in [5.74, 6) is -1.55. The number of rotatable bonds is 5. The highest BCUT2D eigenvalue weighted by molar-refractivity contribution is 6.30. The third-order valence-electron chi connectivity index (χ3n) is 3.87. The summed E-state index contributed by atoms with van der Waals surface area (Å²) >= 11 is 5.80. The van der Waals surface area contributed by atoms with E-state index in [-0.39, 0.29) is 6.42 Å². The lowest BCUT2D eigenvalue weighted by molar-refractivity contribution is -0.139. The molecule has 0 aliphatic carbocycles. The molecule has 1 heterocycles. The minimum absolute atomic E-state index is 0.164. The van der Waals surface area contributed by atoms with Crippen LogP contribution in [-0.2, 0) is 11.2 Å². The van der Waals surface area contributed by atoms with Gasteiger partial charge in [0.1, 0.15) is 6.04 Å². The van der Waals surface area contributed by atoms with Gasteiger partial charge in [-0.15, -0.1) is 0 Å². The zero-order valence-electron chi connectivity index (χ0n) is 13.1. The molecule has 1 atom stereocenters. The SMILES string of the molecule is O=C(NC(Cc1ccnc2ccccc12)C(=O)O)c1ccc(Cl)cc1. The van der Waals surface area contributed by atoms with Gasteiger partial charge in [0.2, 0.25) is 0 Å². The van der Waals surface area contributed by atoms with E-state index in [1.54, 1.807) is 36.5 Å². The molecule has 3 aromatic rings. The van der Waals surface area contributed by atoms with E-state index >= 15 is 0 Å². The van der Waals surface area contributed by atoms with E-state index in [9.17, 15) is 14.7 Å². The van der Waals surface area contributed by atoms with Gasteiger partial charge in [-0.3, -0.25) is 9.78 Å². The molecule has 2 N–H and O–H groups in total. The van der Waals surface area contributed by atoms with Gasteiger partial charge < -0.3 is 10.4 Å². The number of carbonyl (C=O) groups is 2. The van der Waals surface area contributed by atoms with Gasteiger partial charge in [-0.1, -0.05) is 29.8 Å². The summed E-state index contributed by atoms with van der Waals surface area (Å²) in [6, 6.07) is 14.5. The Morgan fingerprint density at radius 2 is 1.80 bits per heavy atom. The number of para-hydroxylation sites is 1. The third kappa shape index (κ3) is 3.95. The summed E-state index contributed by atoms with van der Waals surface area (Å²) < 4.78 is 0. The van der Waals surface area contributed by atoms with Crippen LogP contribution in [0.15, 0.2) is 60.8 Å². The Morgan fingerprint density at radius 3 is 2.52 bits per heavy atom. The van der Waals surface area contributed by atoms with Crippen LogP contribution in [0, 0.1) is 0 Å². The Morgan fingerprint density at radius 1 is 1.08 bits per heavy atom. The number of halogens is 1. The third-order valence-corrected chi connectivity index (χ3v) is 4.13. The van der Waals surface area contributed by atoms with Gasteiger partial charge in [0.15, 0.2) is 0 Å². The minimum atomic E-state index is -1.09. The molecule has 0 spiro atoms. The number of carboxylic acids is 1. The van der Waals surface area contributed by atoms with E-state index in [1.165, 1.54) is 0 Å². The van der Waals surface area contributed by atoms with Gasteiger partial charge in [-0.2, -0.15) is 0 Å². The van der Waals surface area contributed by atoms with Crippen molar-refractivity contribution in [3.8, 4) is 0 Å². The maximum atomic E-state index is 12.3. The van der Waals surface area contributed by atoms with Crippen LogP contribution in [-0.4, -0.2) is 28.0 Å². The molecule has 0 aliphatic rings. The van der Waals surface area contributed by atoms with Gasteiger partial charge in [-0.25, -0.2) is 4.79 Å². The number of benzene rings is 2. The summed E-state index contributed by atoms with van der Waals surface area (Å²) in [6.07, 6.45) is 1.80.